The van der Waals surface area contributed by atoms with E-state index in [1.165, 1.54) is 6.42 Å². The first-order valence-electron chi connectivity index (χ1n) is 6.49. The maximum Gasteiger partial charge on any atom is 0.234 e. The molecule has 2 rings (SSSR count). The summed E-state index contributed by atoms with van der Waals surface area (Å²) in [5, 5.41) is 0.792. The van der Waals surface area contributed by atoms with E-state index in [4.69, 9.17) is 33.8 Å². The van der Waals surface area contributed by atoms with Crippen molar-refractivity contribution in [2.24, 2.45) is 17.7 Å². The van der Waals surface area contributed by atoms with Crippen LogP contribution < -0.4 is 16.0 Å². The SMILES string of the molecule is CC1CC(C)CC(Oc2nc(NN)c(Cl)cc2Cl)C1. The summed E-state index contributed by atoms with van der Waals surface area (Å²) in [6.07, 6.45) is 3.44. The van der Waals surface area contributed by atoms with E-state index < -0.39 is 0 Å². The van der Waals surface area contributed by atoms with Crippen LogP contribution >= 0.6 is 23.2 Å². The highest BCUT2D eigenvalue weighted by Gasteiger charge is 2.26. The number of anilines is 1. The van der Waals surface area contributed by atoms with Crippen LogP contribution in [0.2, 0.25) is 10.0 Å². The quantitative estimate of drug-likeness (QED) is 0.657. The van der Waals surface area contributed by atoms with Crippen molar-refractivity contribution in [3.05, 3.63) is 16.1 Å². The van der Waals surface area contributed by atoms with Crippen molar-refractivity contribution in [2.75, 3.05) is 5.43 Å². The zero-order valence-corrected chi connectivity index (χ0v) is 12.6. The Morgan fingerprint density at radius 1 is 1.21 bits per heavy atom. The molecule has 1 saturated carbocycles. The molecule has 0 amide bonds. The average Bonchev–Trinajstić information content (AvgIpc) is 2.31. The highest BCUT2D eigenvalue weighted by atomic mass is 35.5. The van der Waals surface area contributed by atoms with E-state index in [9.17, 15) is 0 Å². The third-order valence-corrected chi connectivity index (χ3v) is 4.01. The second-order valence-corrected chi connectivity index (χ2v) is 6.22. The van der Waals surface area contributed by atoms with Crippen LogP contribution in [0.5, 0.6) is 5.88 Å². The fraction of sp³-hybridized carbons (Fsp3) is 0.615. The zero-order valence-electron chi connectivity index (χ0n) is 11.1. The van der Waals surface area contributed by atoms with E-state index >= 15 is 0 Å². The number of halogens is 2. The van der Waals surface area contributed by atoms with Gasteiger partial charge >= 0.3 is 0 Å². The Morgan fingerprint density at radius 2 is 1.84 bits per heavy atom. The summed E-state index contributed by atoms with van der Waals surface area (Å²) in [5.74, 6) is 7.44. The standard InChI is InChI=1S/C13H19Cl2N3O/c1-7-3-8(2)5-9(4-7)19-13-11(15)6-10(14)12(17-13)18-16/h6-9H,3-5,16H2,1-2H3,(H,17,18). The summed E-state index contributed by atoms with van der Waals surface area (Å²) >= 11 is 12.1. The van der Waals surface area contributed by atoms with Gasteiger partial charge in [0.25, 0.3) is 0 Å². The van der Waals surface area contributed by atoms with E-state index in [0.29, 0.717) is 33.6 Å². The lowest BCUT2D eigenvalue weighted by atomic mass is 9.82. The van der Waals surface area contributed by atoms with Crippen molar-refractivity contribution in [1.82, 2.24) is 4.98 Å². The molecule has 0 saturated heterocycles. The average molecular weight is 304 g/mol. The molecule has 1 aromatic heterocycles. The minimum atomic E-state index is 0.149. The number of nitrogen functional groups attached to an aromatic ring is 1. The fourth-order valence-corrected chi connectivity index (χ4v) is 3.22. The molecule has 1 fully saturated rings. The van der Waals surface area contributed by atoms with Crippen molar-refractivity contribution >= 4 is 29.0 Å². The predicted molar refractivity (Wildman–Crippen MR) is 78.7 cm³/mol. The number of nitrogens with two attached hydrogens (primary N) is 1. The molecule has 1 heterocycles. The minimum absolute atomic E-state index is 0.149. The smallest absolute Gasteiger partial charge is 0.234 e. The Bertz CT molecular complexity index is 446. The maximum atomic E-state index is 6.11. The first kappa shape index (κ1) is 14.7. The van der Waals surface area contributed by atoms with E-state index in [0.717, 1.165) is 12.8 Å². The molecule has 0 aromatic carbocycles. The van der Waals surface area contributed by atoms with Crippen LogP contribution in [-0.4, -0.2) is 11.1 Å². The number of hydrogen-bond donors (Lipinski definition) is 2. The van der Waals surface area contributed by atoms with Gasteiger partial charge in [0.2, 0.25) is 5.88 Å². The summed E-state index contributed by atoms with van der Waals surface area (Å²) in [6.45, 7) is 4.49. The molecule has 19 heavy (non-hydrogen) atoms. The molecule has 0 radical (unpaired) electrons. The summed E-state index contributed by atoms with van der Waals surface area (Å²) in [6, 6.07) is 1.59. The van der Waals surface area contributed by atoms with E-state index in [-0.39, 0.29) is 6.10 Å². The van der Waals surface area contributed by atoms with Crippen molar-refractivity contribution in [3.8, 4) is 5.88 Å². The second-order valence-electron chi connectivity index (χ2n) is 5.41. The van der Waals surface area contributed by atoms with Gasteiger partial charge in [-0.3, -0.25) is 0 Å². The van der Waals surface area contributed by atoms with Gasteiger partial charge in [-0.25, -0.2) is 5.84 Å². The lowest BCUT2D eigenvalue weighted by Gasteiger charge is -2.31. The maximum absolute atomic E-state index is 6.11. The molecule has 2 atom stereocenters. The van der Waals surface area contributed by atoms with Gasteiger partial charge in [0, 0.05) is 0 Å². The summed E-state index contributed by atoms with van der Waals surface area (Å²) in [7, 11) is 0. The summed E-state index contributed by atoms with van der Waals surface area (Å²) < 4.78 is 5.93. The summed E-state index contributed by atoms with van der Waals surface area (Å²) in [5.41, 5.74) is 2.44. The van der Waals surface area contributed by atoms with Crippen LogP contribution in [0.4, 0.5) is 5.82 Å². The number of rotatable bonds is 3. The lowest BCUT2D eigenvalue weighted by Crippen LogP contribution is -2.29. The minimum Gasteiger partial charge on any atom is -0.473 e. The van der Waals surface area contributed by atoms with E-state index in [1.54, 1.807) is 6.07 Å². The van der Waals surface area contributed by atoms with Crippen molar-refractivity contribution in [1.29, 1.82) is 0 Å². The number of ether oxygens (including phenoxy) is 1. The van der Waals surface area contributed by atoms with Gasteiger partial charge in [-0.2, -0.15) is 4.98 Å². The molecule has 1 aromatic rings. The van der Waals surface area contributed by atoms with Gasteiger partial charge in [-0.05, 0) is 37.2 Å². The van der Waals surface area contributed by atoms with Gasteiger partial charge in [0.05, 0.1) is 5.02 Å². The summed E-state index contributed by atoms with van der Waals surface area (Å²) in [4.78, 5) is 4.21. The zero-order chi connectivity index (χ0) is 14.0. The van der Waals surface area contributed by atoms with Crippen LogP contribution in [0.25, 0.3) is 0 Å². The number of nitrogens with zero attached hydrogens (tertiary/aromatic N) is 1. The van der Waals surface area contributed by atoms with Crippen LogP contribution in [0, 0.1) is 11.8 Å². The molecule has 0 spiro atoms. The van der Waals surface area contributed by atoms with Crippen LogP contribution in [0.3, 0.4) is 0 Å². The number of hydrazine groups is 1. The Kier molecular flexibility index (Phi) is 4.76. The molecule has 0 bridgehead atoms. The van der Waals surface area contributed by atoms with E-state index in [2.05, 4.69) is 24.3 Å². The highest BCUT2D eigenvalue weighted by Crippen LogP contribution is 2.35. The predicted octanol–water partition coefficient (Wildman–Crippen LogP) is 3.88. The van der Waals surface area contributed by atoms with Crippen molar-refractivity contribution in [3.63, 3.8) is 0 Å². The Labute approximate surface area is 123 Å². The topological polar surface area (TPSA) is 60.2 Å². The van der Waals surface area contributed by atoms with Gasteiger partial charge in [0.1, 0.15) is 11.1 Å². The third-order valence-electron chi connectivity index (χ3n) is 3.45. The monoisotopic (exact) mass is 303 g/mol. The Morgan fingerprint density at radius 3 is 2.42 bits per heavy atom. The number of nitrogens with one attached hydrogen (secondary N) is 1. The van der Waals surface area contributed by atoms with Gasteiger partial charge < -0.3 is 10.2 Å². The third kappa shape index (κ3) is 3.65. The Hall–Kier alpha value is -0.710. The van der Waals surface area contributed by atoms with Crippen molar-refractivity contribution in [2.45, 2.75) is 39.2 Å². The van der Waals surface area contributed by atoms with Crippen LogP contribution in [0.1, 0.15) is 33.1 Å². The normalized spacial score (nSPS) is 27.1. The molecule has 1 aliphatic rings. The molecule has 2 unspecified atom stereocenters. The first-order chi connectivity index (χ1) is 8.99. The number of aromatic nitrogens is 1. The Balaban J connectivity index is 2.14. The molecule has 1 aliphatic carbocycles. The number of hydrogen-bond acceptors (Lipinski definition) is 4. The number of pyridine rings is 1. The molecular weight excluding hydrogens is 285 g/mol. The molecule has 4 nitrogen and oxygen atoms in total. The van der Waals surface area contributed by atoms with Crippen LogP contribution in [-0.2, 0) is 0 Å². The molecule has 106 valence electrons. The van der Waals surface area contributed by atoms with Gasteiger partial charge in [0.15, 0.2) is 5.82 Å². The lowest BCUT2D eigenvalue weighted by molar-refractivity contribution is 0.0969. The molecular formula is C13H19Cl2N3O. The van der Waals surface area contributed by atoms with E-state index in [1.807, 2.05) is 0 Å². The first-order valence-corrected chi connectivity index (χ1v) is 7.24. The van der Waals surface area contributed by atoms with Gasteiger partial charge in [-0.1, -0.05) is 37.0 Å². The highest BCUT2D eigenvalue weighted by molar-refractivity contribution is 6.36. The molecule has 3 N–H and O–H groups in total. The fourth-order valence-electron chi connectivity index (χ4n) is 2.76. The van der Waals surface area contributed by atoms with Gasteiger partial charge in [-0.15, -0.1) is 0 Å². The van der Waals surface area contributed by atoms with Crippen molar-refractivity contribution < 1.29 is 4.74 Å². The molecule has 0 aliphatic heterocycles. The molecule has 6 heteroatoms. The second kappa shape index (κ2) is 6.16. The van der Waals surface area contributed by atoms with Crippen LogP contribution in [0.15, 0.2) is 6.07 Å². The largest absolute Gasteiger partial charge is 0.473 e.